The van der Waals surface area contributed by atoms with E-state index in [1.807, 2.05) is 20.8 Å². The highest BCUT2D eigenvalue weighted by atomic mass is 32.2. The van der Waals surface area contributed by atoms with Gasteiger partial charge in [0.25, 0.3) is 11.0 Å². The third-order valence-electron chi connectivity index (χ3n) is 1.17. The minimum absolute atomic E-state index is 0.0585. The number of aliphatic imine (C=N–C) groups is 1. The summed E-state index contributed by atoms with van der Waals surface area (Å²) in [6.45, 7) is 6.12. The van der Waals surface area contributed by atoms with Crippen LogP contribution in [0.25, 0.3) is 0 Å². The molecule has 0 amide bonds. The molecule has 1 rings (SSSR count). The van der Waals surface area contributed by atoms with Gasteiger partial charge in [0.05, 0.1) is 6.61 Å². The summed E-state index contributed by atoms with van der Waals surface area (Å²) in [6, 6.07) is 0. The molecule has 0 aromatic rings. The standard InChI is InChI=1S/C7H11NO2S/c1-4-10-5-6(9)11-7(2,3)8-5/h4H2,1-3H3. The van der Waals surface area contributed by atoms with Crippen molar-refractivity contribution in [3.05, 3.63) is 0 Å². The van der Waals surface area contributed by atoms with Crippen LogP contribution in [0.4, 0.5) is 0 Å². The van der Waals surface area contributed by atoms with E-state index in [4.69, 9.17) is 4.74 Å². The molecule has 0 aromatic carbocycles. The molecule has 62 valence electrons. The SMILES string of the molecule is CCOC1=NC(C)(C)SC1=O. The van der Waals surface area contributed by atoms with Gasteiger partial charge in [0, 0.05) is 0 Å². The Hall–Kier alpha value is -0.510. The van der Waals surface area contributed by atoms with Gasteiger partial charge in [-0.05, 0) is 32.5 Å². The first-order chi connectivity index (χ1) is 5.05. The zero-order chi connectivity index (χ0) is 8.48. The van der Waals surface area contributed by atoms with Gasteiger partial charge in [-0.3, -0.25) is 4.79 Å². The summed E-state index contributed by atoms with van der Waals surface area (Å²) in [5.41, 5.74) is 0. The monoisotopic (exact) mass is 173 g/mol. The number of hydrogen-bond acceptors (Lipinski definition) is 4. The minimum atomic E-state index is -0.332. The van der Waals surface area contributed by atoms with Crippen molar-refractivity contribution in [2.45, 2.75) is 25.6 Å². The Morgan fingerprint density at radius 3 is 2.64 bits per heavy atom. The van der Waals surface area contributed by atoms with Gasteiger partial charge >= 0.3 is 0 Å². The van der Waals surface area contributed by atoms with Gasteiger partial charge in [0.1, 0.15) is 4.87 Å². The van der Waals surface area contributed by atoms with Crippen molar-refractivity contribution in [3.8, 4) is 0 Å². The summed E-state index contributed by atoms with van der Waals surface area (Å²) in [7, 11) is 0. The molecule has 0 spiro atoms. The van der Waals surface area contributed by atoms with Crippen LogP contribution in [-0.4, -0.2) is 22.5 Å². The molecular weight excluding hydrogens is 162 g/mol. The first-order valence-corrected chi connectivity index (χ1v) is 4.33. The molecule has 0 bridgehead atoms. The molecule has 0 fully saturated rings. The second kappa shape index (κ2) is 2.85. The van der Waals surface area contributed by atoms with Crippen LogP contribution in [0.15, 0.2) is 4.99 Å². The van der Waals surface area contributed by atoms with Gasteiger partial charge in [-0.15, -0.1) is 0 Å². The molecule has 0 N–H and O–H groups in total. The van der Waals surface area contributed by atoms with Gasteiger partial charge in [-0.25, -0.2) is 4.99 Å². The molecule has 11 heavy (non-hydrogen) atoms. The van der Waals surface area contributed by atoms with Gasteiger partial charge in [-0.2, -0.15) is 0 Å². The number of rotatable bonds is 1. The maximum Gasteiger partial charge on any atom is 0.276 e. The third-order valence-corrected chi connectivity index (χ3v) is 2.12. The van der Waals surface area contributed by atoms with Crippen molar-refractivity contribution in [2.75, 3.05) is 6.61 Å². The Bertz CT molecular complexity index is 210. The fraction of sp³-hybridized carbons (Fsp3) is 0.714. The lowest BCUT2D eigenvalue weighted by Gasteiger charge is -2.07. The quantitative estimate of drug-likeness (QED) is 0.602. The molecule has 0 atom stereocenters. The lowest BCUT2D eigenvalue weighted by Crippen LogP contribution is -2.09. The Labute approximate surface area is 70.2 Å². The summed E-state index contributed by atoms with van der Waals surface area (Å²) in [5, 5.41) is -0.0585. The highest BCUT2D eigenvalue weighted by Crippen LogP contribution is 2.33. The van der Waals surface area contributed by atoms with Gasteiger partial charge in [0.2, 0.25) is 0 Å². The van der Waals surface area contributed by atoms with E-state index in [1.165, 1.54) is 11.8 Å². The van der Waals surface area contributed by atoms with Gasteiger partial charge in [0.15, 0.2) is 0 Å². The normalized spacial score (nSPS) is 21.7. The van der Waals surface area contributed by atoms with E-state index in [2.05, 4.69) is 4.99 Å². The maximum absolute atomic E-state index is 11.1. The number of hydrogen-bond donors (Lipinski definition) is 0. The average Bonchev–Trinajstić information content (AvgIpc) is 2.07. The van der Waals surface area contributed by atoms with Crippen LogP contribution in [-0.2, 0) is 9.53 Å². The summed E-state index contributed by atoms with van der Waals surface area (Å²) in [4.78, 5) is 14.9. The second-order valence-electron chi connectivity index (χ2n) is 2.69. The molecule has 0 aliphatic carbocycles. The lowest BCUT2D eigenvalue weighted by molar-refractivity contribution is -0.106. The third kappa shape index (κ3) is 1.96. The molecule has 0 unspecified atom stereocenters. The van der Waals surface area contributed by atoms with Crippen LogP contribution in [0, 0.1) is 0 Å². The highest BCUT2D eigenvalue weighted by Gasteiger charge is 2.34. The highest BCUT2D eigenvalue weighted by molar-refractivity contribution is 8.17. The van der Waals surface area contributed by atoms with Gasteiger partial charge in [-0.1, -0.05) is 0 Å². The molecule has 1 aliphatic heterocycles. The van der Waals surface area contributed by atoms with Crippen molar-refractivity contribution in [1.29, 1.82) is 0 Å². The molecule has 0 radical (unpaired) electrons. The molecule has 4 heteroatoms. The van der Waals surface area contributed by atoms with Crippen LogP contribution >= 0.6 is 11.8 Å². The van der Waals surface area contributed by atoms with Crippen molar-refractivity contribution >= 4 is 22.8 Å². The Morgan fingerprint density at radius 2 is 2.27 bits per heavy atom. The predicted octanol–water partition coefficient (Wildman–Crippen LogP) is 1.43. The van der Waals surface area contributed by atoms with E-state index in [1.54, 1.807) is 0 Å². The minimum Gasteiger partial charge on any atom is -0.475 e. The fourth-order valence-corrected chi connectivity index (χ4v) is 1.59. The van der Waals surface area contributed by atoms with Crippen LogP contribution in [0.5, 0.6) is 0 Å². The number of carbonyl (C=O) groups is 1. The maximum atomic E-state index is 11.1. The van der Waals surface area contributed by atoms with E-state index in [0.717, 1.165) is 0 Å². The lowest BCUT2D eigenvalue weighted by atomic mass is 10.4. The number of ether oxygens (including phenoxy) is 1. The fourth-order valence-electron chi connectivity index (χ4n) is 0.811. The number of carbonyl (C=O) groups excluding carboxylic acids is 1. The van der Waals surface area contributed by atoms with Crippen LogP contribution in [0.2, 0.25) is 0 Å². The molecule has 0 aromatic heterocycles. The van der Waals surface area contributed by atoms with E-state index in [9.17, 15) is 4.79 Å². The Balaban J connectivity index is 2.71. The van der Waals surface area contributed by atoms with Crippen molar-refractivity contribution in [1.82, 2.24) is 0 Å². The second-order valence-corrected chi connectivity index (χ2v) is 4.26. The molecule has 0 saturated carbocycles. The van der Waals surface area contributed by atoms with Crippen LogP contribution in [0.3, 0.4) is 0 Å². The predicted molar refractivity (Wildman–Crippen MR) is 45.7 cm³/mol. The van der Waals surface area contributed by atoms with Crippen molar-refractivity contribution < 1.29 is 9.53 Å². The summed E-state index contributed by atoms with van der Waals surface area (Å²) in [6.07, 6.45) is 0. The van der Waals surface area contributed by atoms with E-state index < -0.39 is 0 Å². The molecule has 3 nitrogen and oxygen atoms in total. The smallest absolute Gasteiger partial charge is 0.276 e. The largest absolute Gasteiger partial charge is 0.475 e. The van der Waals surface area contributed by atoms with Gasteiger partial charge < -0.3 is 4.74 Å². The average molecular weight is 173 g/mol. The molecular formula is C7H11NO2S. The topological polar surface area (TPSA) is 38.7 Å². The van der Waals surface area contributed by atoms with Crippen molar-refractivity contribution in [3.63, 3.8) is 0 Å². The van der Waals surface area contributed by atoms with E-state index in [0.29, 0.717) is 6.61 Å². The Kier molecular flexibility index (Phi) is 2.23. The molecule has 0 saturated heterocycles. The summed E-state index contributed by atoms with van der Waals surface area (Å²) in [5.74, 6) is 0.266. The van der Waals surface area contributed by atoms with Crippen molar-refractivity contribution in [2.24, 2.45) is 4.99 Å². The first-order valence-electron chi connectivity index (χ1n) is 3.51. The Morgan fingerprint density at radius 1 is 1.64 bits per heavy atom. The zero-order valence-corrected chi connectivity index (χ0v) is 7.70. The summed E-state index contributed by atoms with van der Waals surface area (Å²) < 4.78 is 5.03. The molecule has 1 heterocycles. The number of nitrogens with zero attached hydrogens (tertiary/aromatic N) is 1. The first kappa shape index (κ1) is 8.59. The van der Waals surface area contributed by atoms with E-state index >= 15 is 0 Å². The van der Waals surface area contributed by atoms with Crippen LogP contribution in [0.1, 0.15) is 20.8 Å². The summed E-state index contributed by atoms with van der Waals surface area (Å²) >= 11 is 1.20. The number of thioether (sulfide) groups is 1. The van der Waals surface area contributed by atoms with E-state index in [-0.39, 0.29) is 15.9 Å². The molecule has 1 aliphatic rings. The van der Waals surface area contributed by atoms with Crippen LogP contribution < -0.4 is 0 Å². The zero-order valence-electron chi connectivity index (χ0n) is 6.88.